The van der Waals surface area contributed by atoms with Gasteiger partial charge in [-0.2, -0.15) is 0 Å². The van der Waals surface area contributed by atoms with Gasteiger partial charge in [-0.05, 0) is 42.3 Å². The van der Waals surface area contributed by atoms with Gasteiger partial charge in [-0.3, -0.25) is 16.3 Å². The van der Waals surface area contributed by atoms with E-state index in [1.165, 1.54) is 12.1 Å². The minimum Gasteiger partial charge on any atom is -0.271 e. The molecule has 0 amide bonds. The standard InChI is InChI=1S/C14H15BrFN3/c15-14-5-4-11(16)7-10(14)8-13(19-17)9-12-3-1-2-6-18-12/h1-7,13,19H,8-9,17H2. The zero-order valence-corrected chi connectivity index (χ0v) is 11.9. The second-order valence-corrected chi connectivity index (χ2v) is 5.18. The molecule has 3 nitrogen and oxygen atoms in total. The third-order valence-corrected chi connectivity index (χ3v) is 3.67. The quantitative estimate of drug-likeness (QED) is 0.657. The van der Waals surface area contributed by atoms with Gasteiger partial charge in [0.25, 0.3) is 0 Å². The molecular formula is C14H15BrFN3. The SMILES string of the molecule is NNC(Cc1ccccn1)Cc1cc(F)ccc1Br. The molecule has 0 aliphatic carbocycles. The van der Waals surface area contributed by atoms with Gasteiger partial charge in [0.2, 0.25) is 0 Å². The Morgan fingerprint density at radius 3 is 2.79 bits per heavy atom. The van der Waals surface area contributed by atoms with Crippen LogP contribution in [0.25, 0.3) is 0 Å². The molecule has 0 saturated heterocycles. The van der Waals surface area contributed by atoms with Crippen molar-refractivity contribution in [2.75, 3.05) is 0 Å². The molecule has 0 aliphatic rings. The predicted molar refractivity (Wildman–Crippen MR) is 76.9 cm³/mol. The Kier molecular flexibility index (Phi) is 5.01. The summed E-state index contributed by atoms with van der Waals surface area (Å²) in [7, 11) is 0. The average Bonchev–Trinajstić information content (AvgIpc) is 2.43. The van der Waals surface area contributed by atoms with E-state index in [4.69, 9.17) is 5.84 Å². The molecule has 0 aliphatic heterocycles. The summed E-state index contributed by atoms with van der Waals surface area (Å²) in [5, 5.41) is 0. The number of hydrogen-bond acceptors (Lipinski definition) is 3. The molecule has 1 aromatic carbocycles. The summed E-state index contributed by atoms with van der Waals surface area (Å²) >= 11 is 3.42. The lowest BCUT2D eigenvalue weighted by Crippen LogP contribution is -2.38. The normalized spacial score (nSPS) is 12.4. The molecule has 5 heteroatoms. The van der Waals surface area contributed by atoms with E-state index < -0.39 is 0 Å². The number of halogens is 2. The Bertz CT molecular complexity index is 533. The fourth-order valence-electron chi connectivity index (χ4n) is 1.93. The lowest BCUT2D eigenvalue weighted by Gasteiger charge is -2.16. The average molecular weight is 324 g/mol. The highest BCUT2D eigenvalue weighted by atomic mass is 79.9. The van der Waals surface area contributed by atoms with Gasteiger partial charge in [0.05, 0.1) is 0 Å². The largest absolute Gasteiger partial charge is 0.271 e. The fourth-order valence-corrected chi connectivity index (χ4v) is 2.34. The summed E-state index contributed by atoms with van der Waals surface area (Å²) in [4.78, 5) is 4.27. The van der Waals surface area contributed by atoms with Crippen molar-refractivity contribution in [1.29, 1.82) is 0 Å². The van der Waals surface area contributed by atoms with Crippen LogP contribution in [0.3, 0.4) is 0 Å². The lowest BCUT2D eigenvalue weighted by atomic mass is 10.0. The summed E-state index contributed by atoms with van der Waals surface area (Å²) < 4.78 is 14.1. The van der Waals surface area contributed by atoms with Crippen LogP contribution in [0.5, 0.6) is 0 Å². The van der Waals surface area contributed by atoms with Crippen molar-refractivity contribution < 1.29 is 4.39 Å². The second kappa shape index (κ2) is 6.75. The molecule has 0 radical (unpaired) electrons. The molecule has 19 heavy (non-hydrogen) atoms. The summed E-state index contributed by atoms with van der Waals surface area (Å²) in [6.07, 6.45) is 3.08. The van der Waals surface area contributed by atoms with Crippen LogP contribution < -0.4 is 11.3 Å². The molecule has 0 spiro atoms. The van der Waals surface area contributed by atoms with Crippen molar-refractivity contribution >= 4 is 15.9 Å². The van der Waals surface area contributed by atoms with Crippen molar-refractivity contribution in [3.63, 3.8) is 0 Å². The lowest BCUT2D eigenvalue weighted by molar-refractivity contribution is 0.515. The Morgan fingerprint density at radius 1 is 1.26 bits per heavy atom. The molecule has 0 saturated carbocycles. The first-order valence-corrected chi connectivity index (χ1v) is 6.78. The Morgan fingerprint density at radius 2 is 2.11 bits per heavy atom. The molecule has 2 aromatic rings. The molecule has 2 rings (SSSR count). The second-order valence-electron chi connectivity index (χ2n) is 4.33. The number of nitrogens with one attached hydrogen (secondary N) is 1. The monoisotopic (exact) mass is 323 g/mol. The van der Waals surface area contributed by atoms with Crippen LogP contribution in [0, 0.1) is 5.82 Å². The first-order chi connectivity index (χ1) is 9.19. The Balaban J connectivity index is 2.09. The first kappa shape index (κ1) is 14.1. The van der Waals surface area contributed by atoms with Gasteiger partial charge >= 0.3 is 0 Å². The number of rotatable bonds is 5. The van der Waals surface area contributed by atoms with Crippen LogP contribution in [0.4, 0.5) is 4.39 Å². The summed E-state index contributed by atoms with van der Waals surface area (Å²) in [6.45, 7) is 0. The maximum atomic E-state index is 13.2. The molecule has 3 N–H and O–H groups in total. The summed E-state index contributed by atoms with van der Waals surface area (Å²) in [6, 6.07) is 10.4. The molecule has 0 fully saturated rings. The number of pyridine rings is 1. The zero-order chi connectivity index (χ0) is 13.7. The first-order valence-electron chi connectivity index (χ1n) is 5.99. The maximum absolute atomic E-state index is 13.2. The van der Waals surface area contributed by atoms with E-state index in [2.05, 4.69) is 26.3 Å². The predicted octanol–water partition coefficient (Wildman–Crippen LogP) is 2.60. The molecule has 100 valence electrons. The van der Waals surface area contributed by atoms with E-state index in [9.17, 15) is 4.39 Å². The maximum Gasteiger partial charge on any atom is 0.123 e. The third-order valence-electron chi connectivity index (χ3n) is 2.89. The number of aromatic nitrogens is 1. The van der Waals surface area contributed by atoms with E-state index in [0.29, 0.717) is 12.8 Å². The highest BCUT2D eigenvalue weighted by Crippen LogP contribution is 2.20. The van der Waals surface area contributed by atoms with Crippen LogP contribution in [-0.2, 0) is 12.8 Å². The van der Waals surface area contributed by atoms with Crippen LogP contribution in [-0.4, -0.2) is 11.0 Å². The number of hydrazine groups is 1. The minimum absolute atomic E-state index is 0.00741. The van der Waals surface area contributed by atoms with Crippen molar-refractivity contribution in [1.82, 2.24) is 10.4 Å². The van der Waals surface area contributed by atoms with Crippen molar-refractivity contribution in [2.24, 2.45) is 5.84 Å². The highest BCUT2D eigenvalue weighted by molar-refractivity contribution is 9.10. The summed E-state index contributed by atoms with van der Waals surface area (Å²) in [5.74, 6) is 5.33. The molecular weight excluding hydrogens is 309 g/mol. The van der Waals surface area contributed by atoms with Crippen molar-refractivity contribution in [3.05, 3.63) is 64.1 Å². The van der Waals surface area contributed by atoms with Crippen LogP contribution in [0.15, 0.2) is 47.1 Å². The smallest absolute Gasteiger partial charge is 0.123 e. The minimum atomic E-state index is -0.244. The van der Waals surface area contributed by atoms with Gasteiger partial charge in [-0.25, -0.2) is 4.39 Å². The molecule has 1 unspecified atom stereocenters. The summed E-state index contributed by atoms with van der Waals surface area (Å²) in [5.41, 5.74) is 4.61. The number of nitrogens with zero attached hydrogens (tertiary/aromatic N) is 1. The Hall–Kier alpha value is -1.30. The topological polar surface area (TPSA) is 50.9 Å². The fraction of sp³-hybridized carbons (Fsp3) is 0.214. The molecule has 0 bridgehead atoms. The van der Waals surface area contributed by atoms with Gasteiger partial charge in [-0.15, -0.1) is 0 Å². The number of hydrogen-bond donors (Lipinski definition) is 2. The van der Waals surface area contributed by atoms with Crippen LogP contribution >= 0.6 is 15.9 Å². The van der Waals surface area contributed by atoms with Gasteiger partial charge in [-0.1, -0.05) is 22.0 Å². The van der Waals surface area contributed by atoms with Gasteiger partial charge < -0.3 is 0 Å². The number of benzene rings is 1. The van der Waals surface area contributed by atoms with Crippen LogP contribution in [0.1, 0.15) is 11.3 Å². The van der Waals surface area contributed by atoms with Gasteiger partial charge in [0, 0.05) is 28.8 Å². The highest BCUT2D eigenvalue weighted by Gasteiger charge is 2.12. The molecule has 1 heterocycles. The van der Waals surface area contributed by atoms with E-state index in [1.54, 1.807) is 12.3 Å². The van der Waals surface area contributed by atoms with E-state index >= 15 is 0 Å². The molecule has 1 atom stereocenters. The van der Waals surface area contributed by atoms with E-state index in [0.717, 1.165) is 15.7 Å². The Labute approximate surface area is 120 Å². The van der Waals surface area contributed by atoms with Gasteiger partial charge in [0.1, 0.15) is 5.82 Å². The van der Waals surface area contributed by atoms with E-state index in [-0.39, 0.29) is 11.9 Å². The van der Waals surface area contributed by atoms with Crippen molar-refractivity contribution in [3.8, 4) is 0 Å². The third kappa shape index (κ3) is 4.09. The molecule has 1 aromatic heterocycles. The number of nitrogens with two attached hydrogens (primary N) is 1. The van der Waals surface area contributed by atoms with E-state index in [1.807, 2.05) is 18.2 Å². The van der Waals surface area contributed by atoms with Gasteiger partial charge in [0.15, 0.2) is 0 Å². The van der Waals surface area contributed by atoms with Crippen molar-refractivity contribution in [2.45, 2.75) is 18.9 Å². The van der Waals surface area contributed by atoms with Crippen LogP contribution in [0.2, 0.25) is 0 Å². The zero-order valence-electron chi connectivity index (χ0n) is 10.3.